The molecule has 2 rings (SSSR count). The van der Waals surface area contributed by atoms with E-state index in [0.717, 1.165) is 4.90 Å². The number of rotatable bonds is 15. The molecule has 1 aliphatic heterocycles. The minimum atomic E-state index is -4.75. The molecule has 0 spiro atoms. The molecule has 1 atom stereocenters. The fourth-order valence-corrected chi connectivity index (χ4v) is 5.41. The minimum absolute atomic E-state index is 0.0711. The van der Waals surface area contributed by atoms with Gasteiger partial charge >= 0.3 is 5.97 Å². The summed E-state index contributed by atoms with van der Waals surface area (Å²) in [6, 6.07) is 3.82. The number of carbonyl (C=O) groups is 4. The van der Waals surface area contributed by atoms with Crippen LogP contribution in [0.3, 0.4) is 0 Å². The predicted octanol–water partition coefficient (Wildman–Crippen LogP) is 1.40. The third kappa shape index (κ3) is 9.80. The van der Waals surface area contributed by atoms with E-state index in [1.165, 1.54) is 0 Å². The lowest BCUT2D eigenvalue weighted by molar-refractivity contribution is -0.197. The van der Waals surface area contributed by atoms with Crippen LogP contribution in [0.1, 0.15) is 38.5 Å². The van der Waals surface area contributed by atoms with Crippen molar-refractivity contribution < 1.29 is 37.0 Å². The van der Waals surface area contributed by atoms with Crippen LogP contribution in [0.4, 0.5) is 0 Å². The molecule has 182 valence electrons. The van der Waals surface area contributed by atoms with Gasteiger partial charge in [-0.15, -0.1) is 5.06 Å². The van der Waals surface area contributed by atoms with Gasteiger partial charge in [0.15, 0.2) is 5.25 Å². The van der Waals surface area contributed by atoms with Crippen LogP contribution in [-0.4, -0.2) is 70.7 Å². The Balaban J connectivity index is 1.48. The molecule has 0 radical (unpaired) electrons. The largest absolute Gasteiger partial charge is 0.333 e. The first kappa shape index (κ1) is 27.2. The second-order valence-electron chi connectivity index (χ2n) is 7.07. The van der Waals surface area contributed by atoms with Gasteiger partial charge in [-0.1, -0.05) is 28.0 Å². The molecule has 1 saturated heterocycles. The number of hydrogen-bond donors (Lipinski definition) is 2. The van der Waals surface area contributed by atoms with Crippen LogP contribution in [0.15, 0.2) is 29.4 Å². The molecule has 33 heavy (non-hydrogen) atoms. The predicted molar refractivity (Wildman–Crippen MR) is 121 cm³/mol. The summed E-state index contributed by atoms with van der Waals surface area (Å²) in [7, 11) is -1.57. The molecule has 1 fully saturated rings. The Bertz CT molecular complexity index is 943. The molecule has 0 aliphatic carbocycles. The van der Waals surface area contributed by atoms with Crippen molar-refractivity contribution in [3.63, 3.8) is 0 Å². The van der Waals surface area contributed by atoms with E-state index in [9.17, 15) is 27.6 Å². The number of carbonyl (C=O) groups excluding carboxylic acids is 4. The second kappa shape index (κ2) is 13.6. The van der Waals surface area contributed by atoms with Gasteiger partial charge in [0.05, 0.1) is 13.0 Å². The minimum Gasteiger partial charge on any atom is -0.330 e. The van der Waals surface area contributed by atoms with Crippen LogP contribution >= 0.6 is 21.6 Å². The molecule has 0 aromatic carbocycles. The molecule has 14 heteroatoms. The summed E-state index contributed by atoms with van der Waals surface area (Å²) in [5.74, 6) is -2.31. The van der Waals surface area contributed by atoms with Crippen LogP contribution in [-0.2, 0) is 34.1 Å². The van der Waals surface area contributed by atoms with Crippen LogP contribution in [0.25, 0.3) is 0 Å². The third-order valence-electron chi connectivity index (χ3n) is 4.43. The van der Waals surface area contributed by atoms with Gasteiger partial charge in [-0.3, -0.25) is 23.9 Å². The number of hydroxylamine groups is 2. The zero-order chi connectivity index (χ0) is 24.3. The number of aromatic nitrogens is 1. The molecule has 1 aromatic heterocycles. The average molecular weight is 520 g/mol. The number of nitrogens with one attached hydrogen (secondary N) is 1. The number of pyridine rings is 1. The first-order valence-electron chi connectivity index (χ1n) is 10.1. The van der Waals surface area contributed by atoms with Gasteiger partial charge in [0.25, 0.3) is 21.9 Å². The van der Waals surface area contributed by atoms with Crippen molar-refractivity contribution in [1.29, 1.82) is 0 Å². The zero-order valence-electron chi connectivity index (χ0n) is 17.7. The fraction of sp³-hybridized carbons (Fsp3) is 0.526. The van der Waals surface area contributed by atoms with Gasteiger partial charge in [-0.2, -0.15) is 8.42 Å². The highest BCUT2D eigenvalue weighted by molar-refractivity contribution is 8.76. The van der Waals surface area contributed by atoms with Crippen molar-refractivity contribution >= 4 is 55.3 Å². The normalized spacial score (nSPS) is 16.3. The third-order valence-corrected chi connectivity index (χ3v) is 7.87. The molecule has 0 saturated carbocycles. The van der Waals surface area contributed by atoms with Gasteiger partial charge in [-0.05, 0) is 31.5 Å². The van der Waals surface area contributed by atoms with Gasteiger partial charge in [0, 0.05) is 35.9 Å². The maximum atomic E-state index is 11.9. The topological polar surface area (TPSA) is 160 Å². The SMILES string of the molecule is O=C(CCSSc1cccnc1)CNCCCCCC(=O)ON1C(=O)CC(S(=O)(=O)O)C1=O. The van der Waals surface area contributed by atoms with Crippen molar-refractivity contribution in [3.8, 4) is 0 Å². The molecular formula is C19H25N3O8S3. The maximum absolute atomic E-state index is 11.9. The quantitative estimate of drug-likeness (QED) is 0.149. The van der Waals surface area contributed by atoms with Crippen LogP contribution in [0.2, 0.25) is 0 Å². The Morgan fingerprint density at radius 1 is 1.24 bits per heavy atom. The number of nitrogens with zero attached hydrogens (tertiary/aromatic N) is 2. The summed E-state index contributed by atoms with van der Waals surface area (Å²) in [6.07, 6.45) is 4.87. The summed E-state index contributed by atoms with van der Waals surface area (Å²) < 4.78 is 31.1. The molecule has 1 aliphatic rings. The van der Waals surface area contributed by atoms with Gasteiger partial charge in [-0.25, -0.2) is 4.79 Å². The molecule has 1 unspecified atom stereocenters. The van der Waals surface area contributed by atoms with E-state index in [1.54, 1.807) is 34.0 Å². The highest BCUT2D eigenvalue weighted by Gasteiger charge is 2.48. The molecule has 2 amide bonds. The number of ketones is 1. The lowest BCUT2D eigenvalue weighted by Gasteiger charge is -2.13. The van der Waals surface area contributed by atoms with Crippen LogP contribution in [0, 0.1) is 0 Å². The van der Waals surface area contributed by atoms with E-state index in [0.29, 0.717) is 38.0 Å². The van der Waals surface area contributed by atoms with Gasteiger partial charge in [0.2, 0.25) is 0 Å². The molecule has 2 N–H and O–H groups in total. The van der Waals surface area contributed by atoms with E-state index < -0.39 is 39.6 Å². The van der Waals surface area contributed by atoms with Crippen molar-refractivity contribution in [2.24, 2.45) is 0 Å². The number of hydrogen-bond acceptors (Lipinski definition) is 11. The summed E-state index contributed by atoms with van der Waals surface area (Å²) in [6.45, 7) is 0.867. The first-order valence-corrected chi connectivity index (χ1v) is 14.0. The lowest BCUT2D eigenvalue weighted by atomic mass is 10.2. The molecule has 11 nitrogen and oxygen atoms in total. The van der Waals surface area contributed by atoms with Crippen molar-refractivity contribution in [2.45, 2.75) is 48.7 Å². The standard InChI is InChI=1S/C19H25N3O8S3/c23-14(7-10-31-32-15-5-4-9-21-13-15)12-20-8-3-1-2-6-18(25)30-22-17(24)11-16(19(22)26)33(27,28)29/h4-5,9,13,16,20H,1-3,6-8,10-12H2,(H,27,28,29). The van der Waals surface area contributed by atoms with E-state index in [4.69, 9.17) is 4.55 Å². The highest BCUT2D eigenvalue weighted by Crippen LogP contribution is 2.30. The number of imide groups is 1. The summed E-state index contributed by atoms with van der Waals surface area (Å²) in [5.41, 5.74) is 0. The van der Waals surface area contributed by atoms with Crippen LogP contribution in [0.5, 0.6) is 0 Å². The second-order valence-corrected chi connectivity index (χ2v) is 11.2. The Labute approximate surface area is 199 Å². The number of amides is 2. The number of unbranched alkanes of at least 4 members (excludes halogenated alkanes) is 2. The molecule has 2 heterocycles. The first-order chi connectivity index (χ1) is 15.7. The summed E-state index contributed by atoms with van der Waals surface area (Å²) in [5, 5.41) is 1.21. The Hall–Kier alpha value is -2.00. The Morgan fingerprint density at radius 2 is 2.03 bits per heavy atom. The molecule has 0 bridgehead atoms. The maximum Gasteiger partial charge on any atom is 0.333 e. The lowest BCUT2D eigenvalue weighted by Crippen LogP contribution is -2.36. The summed E-state index contributed by atoms with van der Waals surface area (Å²) >= 11 is 0. The van der Waals surface area contributed by atoms with Gasteiger partial charge < -0.3 is 10.2 Å². The van der Waals surface area contributed by atoms with E-state index in [-0.39, 0.29) is 23.8 Å². The fourth-order valence-electron chi connectivity index (χ4n) is 2.73. The zero-order valence-corrected chi connectivity index (χ0v) is 20.1. The van der Waals surface area contributed by atoms with Gasteiger partial charge in [0.1, 0.15) is 5.78 Å². The van der Waals surface area contributed by atoms with Crippen molar-refractivity contribution in [2.75, 3.05) is 18.8 Å². The average Bonchev–Trinajstić information content (AvgIpc) is 3.05. The summed E-state index contributed by atoms with van der Waals surface area (Å²) in [4.78, 5) is 56.8. The molecule has 1 aromatic rings. The van der Waals surface area contributed by atoms with E-state index in [2.05, 4.69) is 15.1 Å². The monoisotopic (exact) mass is 519 g/mol. The van der Waals surface area contributed by atoms with Crippen molar-refractivity contribution in [1.82, 2.24) is 15.4 Å². The van der Waals surface area contributed by atoms with E-state index >= 15 is 0 Å². The Morgan fingerprint density at radius 3 is 2.70 bits per heavy atom. The smallest absolute Gasteiger partial charge is 0.330 e. The van der Waals surface area contributed by atoms with Crippen LogP contribution < -0.4 is 5.32 Å². The Kier molecular flexibility index (Phi) is 11.3. The number of Topliss-reactive ketones (excluding diaryl/α,β-unsaturated/α-hetero) is 1. The molecular weight excluding hydrogens is 494 g/mol. The van der Waals surface area contributed by atoms with Crippen molar-refractivity contribution in [3.05, 3.63) is 24.5 Å². The van der Waals surface area contributed by atoms with E-state index in [1.807, 2.05) is 12.1 Å². The highest BCUT2D eigenvalue weighted by atomic mass is 33.1.